The molecule has 0 bridgehead atoms. The molecule has 12 nitrogen and oxygen atoms in total. The molecule has 0 unspecified atom stereocenters. The van der Waals surface area contributed by atoms with E-state index in [9.17, 15) is 0 Å². The molecular formula is C22H24MnN8O4S2+2. The van der Waals surface area contributed by atoms with Gasteiger partial charge in [-0.25, -0.2) is 9.97 Å². The molecule has 0 aliphatic carbocycles. The molecule has 0 spiro atoms. The van der Waals surface area contributed by atoms with Gasteiger partial charge in [0.1, 0.15) is 13.2 Å². The van der Waals surface area contributed by atoms with Gasteiger partial charge in [0.2, 0.25) is 11.8 Å². The van der Waals surface area contributed by atoms with E-state index >= 15 is 0 Å². The first-order chi connectivity index (χ1) is 16.7. The molecule has 15 heteroatoms. The summed E-state index contributed by atoms with van der Waals surface area (Å²) in [5, 5.41) is 16.9. The fraction of sp³-hybridized carbons (Fsp3) is 0.0909. The molecule has 0 fully saturated rings. The second kappa shape index (κ2) is 26.7. The second-order valence-electron chi connectivity index (χ2n) is 5.49. The van der Waals surface area contributed by atoms with Gasteiger partial charge in [0, 0.05) is 37.2 Å². The summed E-state index contributed by atoms with van der Waals surface area (Å²) in [4.78, 5) is 24.0. The average Bonchev–Trinajstić information content (AvgIpc) is 2.90. The third-order valence-electron chi connectivity index (χ3n) is 3.27. The summed E-state index contributed by atoms with van der Waals surface area (Å²) in [6.45, 7) is 0.832. The van der Waals surface area contributed by atoms with Crippen LogP contribution in [0.1, 0.15) is 11.4 Å². The van der Waals surface area contributed by atoms with Gasteiger partial charge in [0.05, 0.1) is 23.8 Å². The molecule has 0 aromatic carbocycles. The molecule has 4 heterocycles. The summed E-state index contributed by atoms with van der Waals surface area (Å²) >= 11 is 7.40. The zero-order valence-corrected chi connectivity index (χ0v) is 22.1. The Morgan fingerprint density at radius 3 is 1.27 bits per heavy atom. The van der Waals surface area contributed by atoms with E-state index in [-0.39, 0.29) is 28.0 Å². The maximum absolute atomic E-state index is 7.13. The van der Waals surface area contributed by atoms with Gasteiger partial charge in [-0.2, -0.15) is 10.3 Å². The quantitative estimate of drug-likeness (QED) is 0.140. The Bertz CT molecular complexity index is 941. The van der Waals surface area contributed by atoms with Crippen LogP contribution in [0.25, 0.3) is 10.8 Å². The predicted octanol–water partition coefficient (Wildman–Crippen LogP) is 2.37. The molecule has 0 amide bonds. The Balaban J connectivity index is -0.000000483. The monoisotopic (exact) mass is 583 g/mol. The van der Waals surface area contributed by atoms with Gasteiger partial charge in [0.15, 0.2) is 0 Å². The Hall–Kier alpha value is -3.90. The number of hydrogen-bond donors (Lipinski definition) is 0. The Morgan fingerprint density at radius 1 is 0.622 bits per heavy atom. The smallest absolute Gasteiger partial charge is 0.753 e. The minimum Gasteiger partial charge on any atom is -0.753 e. The van der Waals surface area contributed by atoms with E-state index < -0.39 is 0 Å². The van der Waals surface area contributed by atoms with Crippen LogP contribution in [0.4, 0.5) is 0 Å². The molecule has 4 rings (SSSR count). The number of hydrogen-bond acceptors (Lipinski definition) is 10. The average molecular weight is 584 g/mol. The van der Waals surface area contributed by atoms with Crippen molar-refractivity contribution in [2.24, 2.45) is 0 Å². The van der Waals surface area contributed by atoms with Gasteiger partial charge < -0.3 is 31.2 Å². The second-order valence-corrected chi connectivity index (χ2v) is 5.85. The summed E-state index contributed by atoms with van der Waals surface area (Å²) in [5.41, 5.74) is 1.75. The first kappa shape index (κ1) is 37.6. The molecule has 6 N–H and O–H groups in total. The van der Waals surface area contributed by atoms with E-state index in [1.54, 1.807) is 49.6 Å². The Labute approximate surface area is 234 Å². The number of nitrogens with zero attached hydrogens (tertiary/aromatic N) is 8. The van der Waals surface area contributed by atoms with Crippen LogP contribution in [0.2, 0.25) is 0 Å². The summed E-state index contributed by atoms with van der Waals surface area (Å²) in [6.07, 6.45) is 13.0. The SMILES string of the molecule is [Mn+2].[N-]=C=S.[N-]=C=S.[OH3+].[OH3+].c1ccc(COc2cnccn2)nc1.c1ccc(COc2cnccn2)nc1. The van der Waals surface area contributed by atoms with Crippen LogP contribution in [0.3, 0.4) is 0 Å². The predicted molar refractivity (Wildman–Crippen MR) is 143 cm³/mol. The summed E-state index contributed by atoms with van der Waals surface area (Å²) in [5.74, 6) is 1.02. The molecule has 0 saturated heterocycles. The van der Waals surface area contributed by atoms with Gasteiger partial charge in [-0.3, -0.25) is 19.9 Å². The molecule has 1 radical (unpaired) electrons. The van der Waals surface area contributed by atoms with E-state index in [1.807, 2.05) is 36.4 Å². The van der Waals surface area contributed by atoms with Crippen molar-refractivity contribution in [3.63, 3.8) is 0 Å². The molecular weight excluding hydrogens is 559 g/mol. The molecule has 0 aliphatic rings. The summed E-state index contributed by atoms with van der Waals surface area (Å²) in [6, 6.07) is 11.4. The van der Waals surface area contributed by atoms with Crippen molar-refractivity contribution < 1.29 is 37.5 Å². The van der Waals surface area contributed by atoms with Gasteiger partial charge in [-0.15, -0.1) is 0 Å². The minimum absolute atomic E-state index is 0. The Kier molecular flexibility index (Phi) is 27.2. The largest absolute Gasteiger partial charge is 2.00 e. The number of pyridine rings is 2. The fourth-order valence-corrected chi connectivity index (χ4v) is 1.98. The number of isothiocyanates is 2. The van der Waals surface area contributed by atoms with Crippen molar-refractivity contribution in [1.29, 1.82) is 0 Å². The number of rotatable bonds is 6. The Morgan fingerprint density at radius 2 is 1.00 bits per heavy atom. The minimum atomic E-state index is 0. The molecule has 0 saturated carbocycles. The van der Waals surface area contributed by atoms with Crippen LogP contribution in [-0.4, -0.2) is 40.2 Å². The molecule has 4 aromatic heterocycles. The number of ether oxygens (including phenoxy) is 2. The van der Waals surface area contributed by atoms with E-state index in [0.717, 1.165) is 11.4 Å². The van der Waals surface area contributed by atoms with Crippen molar-refractivity contribution in [1.82, 2.24) is 29.9 Å². The molecule has 37 heavy (non-hydrogen) atoms. The summed E-state index contributed by atoms with van der Waals surface area (Å²) in [7, 11) is 0. The van der Waals surface area contributed by atoms with Crippen molar-refractivity contribution >= 4 is 34.8 Å². The first-order valence-electron chi connectivity index (χ1n) is 9.33. The third kappa shape index (κ3) is 20.0. The summed E-state index contributed by atoms with van der Waals surface area (Å²) < 4.78 is 10.7. The van der Waals surface area contributed by atoms with Crippen molar-refractivity contribution in [2.75, 3.05) is 0 Å². The van der Waals surface area contributed by atoms with Gasteiger partial charge in [-0.05, 0) is 24.3 Å². The van der Waals surface area contributed by atoms with E-state index in [4.69, 9.17) is 20.3 Å². The van der Waals surface area contributed by atoms with Crippen molar-refractivity contribution in [3.05, 3.63) is 108 Å². The molecule has 0 aliphatic heterocycles. The third-order valence-corrected chi connectivity index (χ3v) is 3.27. The molecule has 193 valence electrons. The van der Waals surface area contributed by atoms with Crippen molar-refractivity contribution in [3.8, 4) is 11.8 Å². The van der Waals surface area contributed by atoms with Crippen molar-refractivity contribution in [2.45, 2.75) is 13.2 Å². The molecule has 4 aromatic rings. The van der Waals surface area contributed by atoms with Gasteiger partial charge in [0.25, 0.3) is 0 Å². The van der Waals surface area contributed by atoms with Crippen LogP contribution in [0, 0.1) is 0 Å². The number of thiocarbonyl (C=S) groups is 2. The van der Waals surface area contributed by atoms with E-state index in [0.29, 0.717) is 25.0 Å². The zero-order chi connectivity index (χ0) is 24.7. The van der Waals surface area contributed by atoms with Crippen LogP contribution < -0.4 is 9.47 Å². The van der Waals surface area contributed by atoms with Gasteiger partial charge in [-0.1, -0.05) is 36.6 Å². The van der Waals surface area contributed by atoms with Crippen LogP contribution >= 0.6 is 24.4 Å². The standard InChI is InChI=1S/2C10H9N3O.2CNS.Mn.2H2O/c2*1-2-4-12-9(3-1)8-14-10-7-11-5-6-13-10;2*2-1-3;;;/h2*1-7H,8H2;;;;2*1H2/q;;2*-1;+2;;/p+2. The maximum atomic E-state index is 7.13. The van der Waals surface area contributed by atoms with Gasteiger partial charge >= 0.3 is 17.1 Å². The molecule has 0 atom stereocenters. The maximum Gasteiger partial charge on any atom is 2.00 e. The van der Waals surface area contributed by atoms with Crippen LogP contribution in [0.5, 0.6) is 11.8 Å². The zero-order valence-electron chi connectivity index (χ0n) is 19.2. The van der Waals surface area contributed by atoms with Crippen LogP contribution in [0.15, 0.2) is 86.0 Å². The van der Waals surface area contributed by atoms with Crippen LogP contribution in [-0.2, 0) is 41.2 Å². The fourth-order valence-electron chi connectivity index (χ4n) is 1.98. The van der Waals surface area contributed by atoms with E-state index in [2.05, 4.69) is 54.3 Å². The normalized spacial score (nSPS) is 7.78. The number of aromatic nitrogens is 6. The first-order valence-corrected chi connectivity index (χ1v) is 10.1. The topological polar surface area (TPSA) is 206 Å². The van der Waals surface area contributed by atoms with E-state index in [1.165, 1.54) is 10.3 Å².